The zero-order valence-corrected chi connectivity index (χ0v) is 8.03. The minimum Gasteiger partial charge on any atom is -0.368 e. The standard InChI is InChI=1S/C11H16N2/c1-2-9-5-3-4-6-11(9)13-7-10(12)8-13/h3-6,10H,2,7-8,12H2,1H3. The molecule has 1 aromatic carbocycles. The molecule has 0 amide bonds. The van der Waals surface area contributed by atoms with E-state index in [2.05, 4.69) is 36.1 Å². The molecule has 1 fully saturated rings. The van der Waals surface area contributed by atoms with Crippen LogP contribution in [0.4, 0.5) is 5.69 Å². The third-order valence-electron chi connectivity index (χ3n) is 2.62. The van der Waals surface area contributed by atoms with Gasteiger partial charge in [-0.3, -0.25) is 0 Å². The Balaban J connectivity index is 2.19. The van der Waals surface area contributed by atoms with E-state index in [-0.39, 0.29) is 0 Å². The van der Waals surface area contributed by atoms with E-state index >= 15 is 0 Å². The minimum absolute atomic E-state index is 0.380. The highest BCUT2D eigenvalue weighted by molar-refractivity contribution is 5.55. The van der Waals surface area contributed by atoms with E-state index in [0.29, 0.717) is 6.04 Å². The second kappa shape index (κ2) is 3.38. The van der Waals surface area contributed by atoms with Crippen molar-refractivity contribution in [2.45, 2.75) is 19.4 Å². The normalized spacial score (nSPS) is 17.2. The van der Waals surface area contributed by atoms with Gasteiger partial charge in [0.15, 0.2) is 0 Å². The maximum atomic E-state index is 5.76. The van der Waals surface area contributed by atoms with Crippen molar-refractivity contribution >= 4 is 5.69 Å². The molecule has 1 saturated heterocycles. The number of benzene rings is 1. The second-order valence-corrected chi connectivity index (χ2v) is 3.65. The Morgan fingerprint density at radius 2 is 2.08 bits per heavy atom. The van der Waals surface area contributed by atoms with Crippen LogP contribution in [0, 0.1) is 0 Å². The van der Waals surface area contributed by atoms with E-state index < -0.39 is 0 Å². The molecule has 1 aliphatic rings. The zero-order valence-electron chi connectivity index (χ0n) is 8.03. The average Bonchev–Trinajstić information content (AvgIpc) is 2.13. The Morgan fingerprint density at radius 1 is 1.38 bits per heavy atom. The highest BCUT2D eigenvalue weighted by atomic mass is 15.2. The summed E-state index contributed by atoms with van der Waals surface area (Å²) in [4.78, 5) is 2.35. The fourth-order valence-corrected chi connectivity index (χ4v) is 1.83. The maximum absolute atomic E-state index is 5.76. The first-order valence-electron chi connectivity index (χ1n) is 4.89. The smallest absolute Gasteiger partial charge is 0.0399 e. The summed E-state index contributed by atoms with van der Waals surface area (Å²) in [6, 6.07) is 8.95. The maximum Gasteiger partial charge on any atom is 0.0399 e. The molecule has 2 nitrogen and oxygen atoms in total. The lowest BCUT2D eigenvalue weighted by Gasteiger charge is -2.39. The van der Waals surface area contributed by atoms with E-state index in [4.69, 9.17) is 5.73 Å². The first-order valence-corrected chi connectivity index (χ1v) is 4.89. The highest BCUT2D eigenvalue weighted by Gasteiger charge is 2.24. The molecule has 1 heterocycles. The second-order valence-electron chi connectivity index (χ2n) is 3.65. The van der Waals surface area contributed by atoms with Crippen molar-refractivity contribution in [3.63, 3.8) is 0 Å². The third-order valence-corrected chi connectivity index (χ3v) is 2.62. The Bertz CT molecular complexity index is 290. The molecule has 0 saturated carbocycles. The molecule has 2 rings (SSSR count). The summed E-state index contributed by atoms with van der Waals surface area (Å²) in [6.07, 6.45) is 1.10. The molecule has 0 radical (unpaired) electrons. The summed E-state index contributed by atoms with van der Waals surface area (Å²) in [7, 11) is 0. The van der Waals surface area contributed by atoms with Crippen molar-refractivity contribution in [2.24, 2.45) is 5.73 Å². The summed E-state index contributed by atoms with van der Waals surface area (Å²) in [5.41, 5.74) is 8.55. The summed E-state index contributed by atoms with van der Waals surface area (Å²) >= 11 is 0. The van der Waals surface area contributed by atoms with Gasteiger partial charge in [-0.15, -0.1) is 0 Å². The summed E-state index contributed by atoms with van der Waals surface area (Å²) in [5, 5.41) is 0. The molecule has 0 unspecified atom stereocenters. The van der Waals surface area contributed by atoms with Gasteiger partial charge in [-0.1, -0.05) is 25.1 Å². The van der Waals surface area contributed by atoms with E-state index in [1.54, 1.807) is 0 Å². The van der Waals surface area contributed by atoms with Crippen LogP contribution >= 0.6 is 0 Å². The summed E-state index contributed by atoms with van der Waals surface area (Å²) in [5.74, 6) is 0. The molecule has 1 aromatic rings. The number of anilines is 1. The lowest BCUT2D eigenvalue weighted by atomic mass is 10.0. The van der Waals surface area contributed by atoms with E-state index in [1.807, 2.05) is 0 Å². The van der Waals surface area contributed by atoms with Gasteiger partial charge >= 0.3 is 0 Å². The molecule has 0 aliphatic carbocycles. The molecular weight excluding hydrogens is 160 g/mol. The van der Waals surface area contributed by atoms with Gasteiger partial charge < -0.3 is 10.6 Å². The fraction of sp³-hybridized carbons (Fsp3) is 0.455. The summed E-state index contributed by atoms with van der Waals surface area (Å²) in [6.45, 7) is 4.21. The Labute approximate surface area is 79.4 Å². The quantitative estimate of drug-likeness (QED) is 0.738. The van der Waals surface area contributed by atoms with Gasteiger partial charge in [-0.2, -0.15) is 0 Å². The van der Waals surface area contributed by atoms with Gasteiger partial charge in [-0.05, 0) is 18.1 Å². The minimum atomic E-state index is 0.380. The molecule has 0 atom stereocenters. The molecule has 70 valence electrons. The van der Waals surface area contributed by atoms with Gasteiger partial charge in [0.1, 0.15) is 0 Å². The van der Waals surface area contributed by atoms with Crippen LogP contribution in [0.1, 0.15) is 12.5 Å². The number of rotatable bonds is 2. The van der Waals surface area contributed by atoms with E-state index in [0.717, 1.165) is 19.5 Å². The van der Waals surface area contributed by atoms with E-state index in [1.165, 1.54) is 11.3 Å². The monoisotopic (exact) mass is 176 g/mol. The van der Waals surface area contributed by atoms with Crippen molar-refractivity contribution in [1.82, 2.24) is 0 Å². The van der Waals surface area contributed by atoms with E-state index in [9.17, 15) is 0 Å². The first-order chi connectivity index (χ1) is 6.31. The van der Waals surface area contributed by atoms with Crippen molar-refractivity contribution < 1.29 is 0 Å². The van der Waals surface area contributed by atoms with Crippen LogP contribution in [0.15, 0.2) is 24.3 Å². The first kappa shape index (κ1) is 8.57. The van der Waals surface area contributed by atoms with Crippen molar-refractivity contribution in [3.05, 3.63) is 29.8 Å². The van der Waals surface area contributed by atoms with Crippen molar-refractivity contribution in [2.75, 3.05) is 18.0 Å². The van der Waals surface area contributed by atoms with Crippen LogP contribution in [-0.2, 0) is 6.42 Å². The van der Waals surface area contributed by atoms with Crippen LogP contribution in [0.5, 0.6) is 0 Å². The third kappa shape index (κ3) is 1.54. The number of aryl methyl sites for hydroxylation is 1. The Kier molecular flexibility index (Phi) is 2.23. The topological polar surface area (TPSA) is 29.3 Å². The van der Waals surface area contributed by atoms with Crippen LogP contribution < -0.4 is 10.6 Å². The van der Waals surface area contributed by atoms with Crippen LogP contribution in [0.2, 0.25) is 0 Å². The average molecular weight is 176 g/mol. The van der Waals surface area contributed by atoms with Gasteiger partial charge in [0, 0.05) is 24.8 Å². The predicted octanol–water partition coefficient (Wildman–Crippen LogP) is 1.40. The van der Waals surface area contributed by atoms with Gasteiger partial charge in [0.2, 0.25) is 0 Å². The summed E-state index contributed by atoms with van der Waals surface area (Å²) < 4.78 is 0. The molecule has 2 N–H and O–H groups in total. The molecule has 1 aliphatic heterocycles. The number of hydrogen-bond acceptors (Lipinski definition) is 2. The fourth-order valence-electron chi connectivity index (χ4n) is 1.83. The molecule has 0 aromatic heterocycles. The van der Waals surface area contributed by atoms with Gasteiger partial charge in [0.25, 0.3) is 0 Å². The number of hydrogen-bond donors (Lipinski definition) is 1. The number of para-hydroxylation sites is 1. The Hall–Kier alpha value is -1.02. The molecular formula is C11H16N2. The highest BCUT2D eigenvalue weighted by Crippen LogP contribution is 2.24. The Morgan fingerprint density at radius 3 is 2.69 bits per heavy atom. The van der Waals surface area contributed by atoms with Crippen LogP contribution in [-0.4, -0.2) is 19.1 Å². The molecule has 0 bridgehead atoms. The predicted molar refractivity (Wildman–Crippen MR) is 56.0 cm³/mol. The number of nitrogens with two attached hydrogens (primary N) is 1. The largest absolute Gasteiger partial charge is 0.368 e. The molecule has 13 heavy (non-hydrogen) atoms. The molecule has 2 heteroatoms. The SMILES string of the molecule is CCc1ccccc1N1CC(N)C1. The number of nitrogens with zero attached hydrogens (tertiary/aromatic N) is 1. The zero-order chi connectivity index (χ0) is 9.26. The molecule has 0 spiro atoms. The van der Waals surface area contributed by atoms with Crippen LogP contribution in [0.3, 0.4) is 0 Å². The lowest BCUT2D eigenvalue weighted by Crippen LogP contribution is -2.56. The van der Waals surface area contributed by atoms with Crippen molar-refractivity contribution in [3.8, 4) is 0 Å². The lowest BCUT2D eigenvalue weighted by molar-refractivity contribution is 0.518. The van der Waals surface area contributed by atoms with Crippen LogP contribution in [0.25, 0.3) is 0 Å². The van der Waals surface area contributed by atoms with Crippen molar-refractivity contribution in [1.29, 1.82) is 0 Å². The van der Waals surface area contributed by atoms with Gasteiger partial charge in [-0.25, -0.2) is 0 Å². The van der Waals surface area contributed by atoms with Gasteiger partial charge in [0.05, 0.1) is 0 Å².